The predicted molar refractivity (Wildman–Crippen MR) is 108 cm³/mol. The Kier molecular flexibility index (Phi) is 9.55. The molecule has 0 fully saturated rings. The van der Waals surface area contributed by atoms with E-state index in [0.29, 0.717) is 30.2 Å². The van der Waals surface area contributed by atoms with Crippen molar-refractivity contribution in [1.82, 2.24) is 10.6 Å². The van der Waals surface area contributed by atoms with Crippen molar-refractivity contribution in [3.63, 3.8) is 0 Å². The second kappa shape index (κ2) is 11.9. The summed E-state index contributed by atoms with van der Waals surface area (Å²) in [6.07, 6.45) is 0.974. The van der Waals surface area contributed by atoms with E-state index in [2.05, 4.69) is 26.6 Å². The first-order chi connectivity index (χ1) is 13.2. The number of hydrogen-bond donors (Lipinski definition) is 3. The van der Waals surface area contributed by atoms with Gasteiger partial charge >= 0.3 is 0 Å². The molecule has 0 aromatic heterocycles. The summed E-state index contributed by atoms with van der Waals surface area (Å²) in [6.45, 7) is 3.33. The number of ether oxygens (including phenoxy) is 2. The van der Waals surface area contributed by atoms with Gasteiger partial charge in [-0.3, -0.25) is 0 Å². The van der Waals surface area contributed by atoms with Crippen LogP contribution in [0.1, 0.15) is 17.5 Å². The van der Waals surface area contributed by atoms with E-state index < -0.39 is 0 Å². The summed E-state index contributed by atoms with van der Waals surface area (Å²) in [7, 11) is 1.59. The largest absolute Gasteiger partial charge is 0.493 e. The Bertz CT molecular complexity index is 716. The van der Waals surface area contributed by atoms with Crippen LogP contribution in [-0.2, 0) is 13.2 Å². The number of benzene rings is 2. The quantitative estimate of drug-likeness (QED) is 0.442. The molecule has 3 N–H and O–H groups in total. The topological polar surface area (TPSA) is 62.8 Å². The molecule has 0 saturated heterocycles. The predicted octanol–water partition coefficient (Wildman–Crippen LogP) is 3.24. The van der Waals surface area contributed by atoms with Gasteiger partial charge in [0.1, 0.15) is 12.4 Å². The number of aliphatic hydroxyl groups excluding tert-OH is 1. The third kappa shape index (κ3) is 7.10. The van der Waals surface area contributed by atoms with Crippen molar-refractivity contribution in [3.05, 3.63) is 57.8 Å². The molecule has 0 bridgehead atoms. The highest BCUT2D eigenvalue weighted by atomic mass is 79.9. The average molecular weight is 441 g/mol. The molecule has 0 heterocycles. The highest BCUT2D eigenvalue weighted by Gasteiger charge is 2.13. The van der Waals surface area contributed by atoms with Crippen molar-refractivity contribution in [2.24, 2.45) is 0 Å². The van der Waals surface area contributed by atoms with E-state index in [1.165, 1.54) is 6.07 Å². The molecule has 0 aliphatic heterocycles. The molecule has 2 rings (SSSR count). The van der Waals surface area contributed by atoms with Crippen LogP contribution in [-0.4, -0.2) is 38.5 Å². The monoisotopic (exact) mass is 440 g/mol. The molecule has 0 radical (unpaired) electrons. The lowest BCUT2D eigenvalue weighted by Crippen LogP contribution is -2.23. The summed E-state index contributed by atoms with van der Waals surface area (Å²) in [4.78, 5) is 0. The molecule has 0 aliphatic carbocycles. The van der Waals surface area contributed by atoms with Gasteiger partial charge in [0.15, 0.2) is 11.5 Å². The van der Waals surface area contributed by atoms with E-state index >= 15 is 0 Å². The molecular weight excluding hydrogens is 415 g/mol. The van der Waals surface area contributed by atoms with Crippen LogP contribution in [0.25, 0.3) is 0 Å². The molecule has 148 valence electrons. The van der Waals surface area contributed by atoms with Crippen LogP contribution in [0.5, 0.6) is 11.5 Å². The molecule has 0 aliphatic rings. The lowest BCUT2D eigenvalue weighted by atomic mass is 10.2. The normalized spacial score (nSPS) is 10.8. The van der Waals surface area contributed by atoms with Gasteiger partial charge in [-0.2, -0.15) is 0 Å². The zero-order valence-corrected chi connectivity index (χ0v) is 17.0. The first-order valence-corrected chi connectivity index (χ1v) is 9.70. The van der Waals surface area contributed by atoms with Crippen LogP contribution < -0.4 is 20.1 Å². The maximum absolute atomic E-state index is 13.8. The minimum absolute atomic E-state index is 0.125. The summed E-state index contributed by atoms with van der Waals surface area (Å²) in [5, 5.41) is 15.2. The molecule has 2 aromatic carbocycles. The third-order valence-electron chi connectivity index (χ3n) is 3.94. The Morgan fingerprint density at radius 1 is 1.11 bits per heavy atom. The molecule has 2 aromatic rings. The summed E-state index contributed by atoms with van der Waals surface area (Å²) in [5.41, 5.74) is 1.55. The fraction of sp³-hybridized carbons (Fsp3) is 0.400. The van der Waals surface area contributed by atoms with Crippen LogP contribution in [0.4, 0.5) is 4.39 Å². The van der Waals surface area contributed by atoms with Crippen LogP contribution in [0.2, 0.25) is 0 Å². The van der Waals surface area contributed by atoms with E-state index in [4.69, 9.17) is 14.6 Å². The van der Waals surface area contributed by atoms with Gasteiger partial charge in [-0.05, 0) is 59.2 Å². The number of methoxy groups -OCH3 is 1. The Morgan fingerprint density at radius 3 is 2.63 bits per heavy atom. The second-order valence-electron chi connectivity index (χ2n) is 5.99. The molecule has 0 amide bonds. The number of hydrogen-bond acceptors (Lipinski definition) is 5. The zero-order valence-electron chi connectivity index (χ0n) is 15.4. The van der Waals surface area contributed by atoms with Crippen molar-refractivity contribution < 1.29 is 19.0 Å². The molecule has 5 nitrogen and oxygen atoms in total. The van der Waals surface area contributed by atoms with E-state index in [0.717, 1.165) is 29.5 Å². The van der Waals surface area contributed by atoms with Crippen LogP contribution in [0.3, 0.4) is 0 Å². The summed E-state index contributed by atoms with van der Waals surface area (Å²) in [6, 6.07) is 10.4. The Hall–Kier alpha value is -1.67. The number of aliphatic hydroxyl groups is 1. The van der Waals surface area contributed by atoms with Crippen molar-refractivity contribution in [2.45, 2.75) is 19.6 Å². The molecule has 0 saturated carbocycles. The maximum Gasteiger partial charge on any atom is 0.175 e. The molecule has 0 spiro atoms. The molecule has 27 heavy (non-hydrogen) atoms. The van der Waals surface area contributed by atoms with Crippen LogP contribution in [0, 0.1) is 5.82 Å². The summed E-state index contributed by atoms with van der Waals surface area (Å²) in [5.74, 6) is 0.863. The highest BCUT2D eigenvalue weighted by Crippen LogP contribution is 2.37. The van der Waals surface area contributed by atoms with E-state index in [9.17, 15) is 4.39 Å². The number of nitrogens with one attached hydrogen (secondary N) is 2. The zero-order chi connectivity index (χ0) is 19.5. The SMILES string of the molecule is COc1cc(CNCCCNCCO)cc(Br)c1OCc1ccccc1F. The van der Waals surface area contributed by atoms with Gasteiger partial charge in [-0.1, -0.05) is 18.2 Å². The fourth-order valence-corrected chi connectivity index (χ4v) is 3.16. The standard InChI is InChI=1S/C20H26BrFN2O3/c1-26-19-12-15(13-24-8-4-7-23-9-10-25)11-17(21)20(19)27-14-16-5-2-3-6-18(16)22/h2-3,5-6,11-12,23-25H,4,7-10,13-14H2,1H3. The third-order valence-corrected chi connectivity index (χ3v) is 4.53. The fourth-order valence-electron chi connectivity index (χ4n) is 2.56. The Morgan fingerprint density at radius 2 is 1.89 bits per heavy atom. The van der Waals surface area contributed by atoms with E-state index in [1.807, 2.05) is 12.1 Å². The van der Waals surface area contributed by atoms with Crippen LogP contribution >= 0.6 is 15.9 Å². The minimum Gasteiger partial charge on any atom is -0.493 e. The van der Waals surface area contributed by atoms with Gasteiger partial charge in [0.05, 0.1) is 18.2 Å². The number of halogens is 2. The Labute approximate surface area is 168 Å². The smallest absolute Gasteiger partial charge is 0.175 e. The Balaban J connectivity index is 1.91. The van der Waals surface area contributed by atoms with Gasteiger partial charge in [0.2, 0.25) is 0 Å². The van der Waals surface area contributed by atoms with Gasteiger partial charge < -0.3 is 25.2 Å². The first kappa shape index (κ1) is 21.6. The van der Waals surface area contributed by atoms with Gasteiger partial charge in [-0.25, -0.2) is 4.39 Å². The highest BCUT2D eigenvalue weighted by molar-refractivity contribution is 9.10. The van der Waals surface area contributed by atoms with Crippen molar-refractivity contribution in [1.29, 1.82) is 0 Å². The second-order valence-corrected chi connectivity index (χ2v) is 6.85. The minimum atomic E-state index is -0.290. The lowest BCUT2D eigenvalue weighted by Gasteiger charge is -2.15. The molecule has 0 atom stereocenters. The summed E-state index contributed by atoms with van der Waals surface area (Å²) < 4.78 is 25.8. The molecule has 0 unspecified atom stereocenters. The van der Waals surface area contributed by atoms with Crippen molar-refractivity contribution in [3.8, 4) is 11.5 Å². The van der Waals surface area contributed by atoms with Crippen molar-refractivity contribution in [2.75, 3.05) is 33.4 Å². The van der Waals surface area contributed by atoms with E-state index in [-0.39, 0.29) is 19.0 Å². The van der Waals surface area contributed by atoms with Gasteiger partial charge in [0.25, 0.3) is 0 Å². The average Bonchev–Trinajstić information content (AvgIpc) is 2.67. The first-order valence-electron chi connectivity index (χ1n) is 8.90. The lowest BCUT2D eigenvalue weighted by molar-refractivity contribution is 0.277. The molecular formula is C20H26BrFN2O3. The summed E-state index contributed by atoms with van der Waals surface area (Å²) >= 11 is 3.52. The van der Waals surface area contributed by atoms with Crippen molar-refractivity contribution >= 4 is 15.9 Å². The maximum atomic E-state index is 13.8. The molecule has 7 heteroatoms. The van der Waals surface area contributed by atoms with Crippen LogP contribution in [0.15, 0.2) is 40.9 Å². The van der Waals surface area contributed by atoms with E-state index in [1.54, 1.807) is 25.3 Å². The van der Waals surface area contributed by atoms with Gasteiger partial charge in [0, 0.05) is 18.7 Å². The van der Waals surface area contributed by atoms with Gasteiger partial charge in [-0.15, -0.1) is 0 Å². The number of rotatable bonds is 12.